The maximum atomic E-state index is 7.09. The number of hydrogen-bond acceptors (Lipinski definition) is 2. The highest BCUT2D eigenvalue weighted by Crippen LogP contribution is 2.56. The maximum Gasteiger partial charge on any atom is 0.333 e. The summed E-state index contributed by atoms with van der Waals surface area (Å²) in [7, 11) is 0. The van der Waals surface area contributed by atoms with Gasteiger partial charge in [-0.3, -0.25) is 0 Å². The molecule has 0 N–H and O–H groups in total. The number of para-hydroxylation sites is 2. The Labute approximate surface area is 359 Å². The van der Waals surface area contributed by atoms with Gasteiger partial charge in [-0.1, -0.05) is 155 Å². The molecule has 0 spiro atoms. The van der Waals surface area contributed by atoms with Crippen LogP contribution in [0, 0.1) is 0 Å². The molecule has 0 saturated heterocycles. The van der Waals surface area contributed by atoms with Crippen LogP contribution in [0.25, 0.3) is 87.9 Å². The van der Waals surface area contributed by atoms with E-state index in [0.29, 0.717) is 0 Å². The van der Waals surface area contributed by atoms with Crippen LogP contribution in [0.5, 0.6) is 0 Å². The third-order valence-corrected chi connectivity index (χ3v) is 15.5. The molecule has 4 heterocycles. The molecule has 0 unspecified atom stereocenters. The number of rotatable bonds is 1. The van der Waals surface area contributed by atoms with Crippen LogP contribution in [0.15, 0.2) is 168 Å². The van der Waals surface area contributed by atoms with Crippen LogP contribution in [0.2, 0.25) is 0 Å². The zero-order valence-corrected chi connectivity index (χ0v) is 35.0. The zero-order chi connectivity index (χ0) is 41.0. The number of hydrogen-bond donors (Lipinski definition) is 0. The van der Waals surface area contributed by atoms with Crippen LogP contribution in [-0.4, -0.2) is 11.3 Å². The van der Waals surface area contributed by atoms with Gasteiger partial charge < -0.3 is 13.8 Å². The van der Waals surface area contributed by atoms with Gasteiger partial charge in [-0.2, -0.15) is 0 Å². The molecule has 11 aromatic rings. The van der Waals surface area contributed by atoms with Crippen molar-refractivity contribution in [2.45, 2.75) is 38.5 Å². The van der Waals surface area contributed by atoms with Crippen molar-refractivity contribution < 1.29 is 4.42 Å². The van der Waals surface area contributed by atoms with Crippen molar-refractivity contribution in [1.29, 1.82) is 0 Å². The molecule has 15 rings (SSSR count). The predicted molar refractivity (Wildman–Crippen MR) is 260 cm³/mol. The van der Waals surface area contributed by atoms with Crippen molar-refractivity contribution in [1.82, 2.24) is 4.48 Å². The van der Waals surface area contributed by atoms with E-state index in [-0.39, 0.29) is 17.7 Å². The van der Waals surface area contributed by atoms with Gasteiger partial charge in [0.1, 0.15) is 11.2 Å². The lowest BCUT2D eigenvalue weighted by molar-refractivity contribution is 0.660. The minimum atomic E-state index is -0.169. The van der Waals surface area contributed by atoms with Crippen LogP contribution in [-0.2, 0) is 10.8 Å². The highest BCUT2D eigenvalue weighted by Gasteiger charge is 2.47. The molecule has 2 aliphatic heterocycles. The lowest BCUT2D eigenvalue weighted by Crippen LogP contribution is -2.57. The van der Waals surface area contributed by atoms with Gasteiger partial charge >= 0.3 is 6.85 Å². The summed E-state index contributed by atoms with van der Waals surface area (Å²) >= 11 is 0. The third-order valence-electron chi connectivity index (χ3n) is 15.5. The molecular weight excluding hydrogens is 751 g/mol. The van der Waals surface area contributed by atoms with Crippen LogP contribution in [0.1, 0.15) is 49.9 Å². The number of furan rings is 1. The van der Waals surface area contributed by atoms with E-state index >= 15 is 0 Å². The Bertz CT molecular complexity index is 3900. The van der Waals surface area contributed by atoms with E-state index in [1.807, 2.05) is 0 Å². The second kappa shape index (κ2) is 11.0. The molecule has 0 saturated carbocycles. The van der Waals surface area contributed by atoms with E-state index in [9.17, 15) is 0 Å². The van der Waals surface area contributed by atoms with Gasteiger partial charge in [0.15, 0.2) is 0 Å². The topological polar surface area (TPSA) is 21.3 Å². The summed E-state index contributed by atoms with van der Waals surface area (Å²) in [6.07, 6.45) is 0. The van der Waals surface area contributed by atoms with E-state index in [1.165, 1.54) is 116 Å². The molecule has 62 heavy (non-hydrogen) atoms. The van der Waals surface area contributed by atoms with E-state index in [4.69, 9.17) is 4.42 Å². The van der Waals surface area contributed by atoms with Crippen molar-refractivity contribution >= 4 is 89.4 Å². The summed E-state index contributed by atoms with van der Waals surface area (Å²) in [6, 6.07) is 62.1. The van der Waals surface area contributed by atoms with Crippen LogP contribution in [0.3, 0.4) is 0 Å². The van der Waals surface area contributed by atoms with Crippen LogP contribution >= 0.6 is 0 Å². The van der Waals surface area contributed by atoms with Gasteiger partial charge in [0.2, 0.25) is 0 Å². The normalized spacial score (nSPS) is 15.6. The third kappa shape index (κ3) is 3.79. The second-order valence-electron chi connectivity index (χ2n) is 19.2. The van der Waals surface area contributed by atoms with E-state index in [1.54, 1.807) is 0 Å². The lowest BCUT2D eigenvalue weighted by Gasteiger charge is -2.41. The first-order valence-electron chi connectivity index (χ1n) is 22.0. The summed E-state index contributed by atoms with van der Waals surface area (Å²) in [4.78, 5) is 2.61. The molecule has 0 bridgehead atoms. The first kappa shape index (κ1) is 33.4. The predicted octanol–water partition coefficient (Wildman–Crippen LogP) is 13.9. The SMILES string of the molecule is CC1(C)c2ccccc2-c2cc(N3c4cc5c(cc4B4c6c3cc3c(oc7ccccc73)c6-c3cccc6c7c8ccccc8ccc7n4c36)C(C)(C)c3ccccc3-5)ccc21. The monoisotopic (exact) mass is 790 g/mol. The van der Waals surface area contributed by atoms with Crippen molar-refractivity contribution in [3.8, 4) is 33.4 Å². The van der Waals surface area contributed by atoms with Crippen LogP contribution in [0.4, 0.5) is 17.1 Å². The van der Waals surface area contributed by atoms with Gasteiger partial charge in [-0.05, 0) is 103 Å². The van der Waals surface area contributed by atoms with Gasteiger partial charge in [0.25, 0.3) is 0 Å². The van der Waals surface area contributed by atoms with E-state index < -0.39 is 0 Å². The molecule has 4 heteroatoms. The average molecular weight is 791 g/mol. The minimum absolute atomic E-state index is 0.0893. The van der Waals surface area contributed by atoms with Gasteiger partial charge in [-0.15, -0.1) is 0 Å². The first-order valence-corrected chi connectivity index (χ1v) is 22.0. The molecule has 2 aromatic heterocycles. The largest absolute Gasteiger partial charge is 0.455 e. The van der Waals surface area contributed by atoms with Crippen molar-refractivity contribution in [2.24, 2.45) is 0 Å². The minimum Gasteiger partial charge on any atom is -0.455 e. The van der Waals surface area contributed by atoms with Gasteiger partial charge in [-0.25, -0.2) is 0 Å². The number of fused-ring (bicyclic) bond motifs is 19. The number of aromatic nitrogens is 1. The Hall–Kier alpha value is -7.30. The fourth-order valence-corrected chi connectivity index (χ4v) is 12.8. The lowest BCUT2D eigenvalue weighted by atomic mass is 9.44. The molecular formula is C58H39BN2O. The summed E-state index contributed by atoms with van der Waals surface area (Å²) in [5.74, 6) is 0. The van der Waals surface area contributed by atoms with Crippen LogP contribution < -0.4 is 15.8 Å². The number of anilines is 3. The fraction of sp³-hybridized carbons (Fsp3) is 0.103. The van der Waals surface area contributed by atoms with Gasteiger partial charge in [0.05, 0.1) is 0 Å². The zero-order valence-electron chi connectivity index (χ0n) is 35.0. The first-order chi connectivity index (χ1) is 30.3. The Balaban J connectivity index is 1.14. The quantitative estimate of drug-likeness (QED) is 0.154. The Morgan fingerprint density at radius 3 is 1.97 bits per heavy atom. The molecule has 290 valence electrons. The summed E-state index contributed by atoms with van der Waals surface area (Å²) in [5.41, 5.74) is 23.6. The molecule has 0 radical (unpaired) electrons. The Morgan fingerprint density at radius 1 is 0.484 bits per heavy atom. The molecule has 2 aliphatic carbocycles. The maximum absolute atomic E-state index is 7.09. The number of nitrogens with zero attached hydrogens (tertiary/aromatic N) is 2. The van der Waals surface area contributed by atoms with Gasteiger partial charge in [0, 0.05) is 71.6 Å². The highest BCUT2D eigenvalue weighted by molar-refractivity contribution is 6.90. The van der Waals surface area contributed by atoms with E-state index in [0.717, 1.165) is 21.9 Å². The second-order valence-corrected chi connectivity index (χ2v) is 19.2. The summed E-state index contributed by atoms with van der Waals surface area (Å²) in [5, 5.41) is 7.43. The molecule has 3 nitrogen and oxygen atoms in total. The number of benzene rings is 9. The van der Waals surface area contributed by atoms with Crippen molar-refractivity contribution in [3.05, 3.63) is 186 Å². The standard InChI is InChI=1S/C58H39BN2O/c1-57(2)43-21-10-7-16-35(43)40-28-33(25-26-45(40)57)60-49-29-41-36-17-8-11-22-44(36)58(3,4)46(41)31-47(49)59-54-50(60)30-42-37-18-9-12-23-51(37)62-56(42)53(54)39-20-13-19-38-52-34-15-6-5-14-32(34)24-27-48(52)61(59)55(38)39/h5-31H,1-4H3. The molecule has 0 fully saturated rings. The molecule has 9 aromatic carbocycles. The van der Waals surface area contributed by atoms with E-state index in [2.05, 4.69) is 201 Å². The average Bonchev–Trinajstić information content (AvgIpc) is 3.98. The highest BCUT2D eigenvalue weighted by atomic mass is 16.3. The summed E-state index contributed by atoms with van der Waals surface area (Å²) in [6.45, 7) is 9.45. The molecule has 0 atom stereocenters. The fourth-order valence-electron chi connectivity index (χ4n) is 12.8. The molecule has 4 aliphatic rings. The summed E-state index contributed by atoms with van der Waals surface area (Å²) < 4.78 is 9.79. The van der Waals surface area contributed by atoms with Crippen molar-refractivity contribution in [3.63, 3.8) is 0 Å². The molecule has 0 amide bonds. The smallest absolute Gasteiger partial charge is 0.333 e. The van der Waals surface area contributed by atoms with Crippen molar-refractivity contribution in [2.75, 3.05) is 4.90 Å². The Kier molecular flexibility index (Phi) is 5.91. The Morgan fingerprint density at radius 2 is 1.15 bits per heavy atom.